The van der Waals surface area contributed by atoms with Crippen LogP contribution in [-0.2, 0) is 0 Å². The van der Waals surface area contributed by atoms with Crippen molar-refractivity contribution >= 4 is 17.4 Å². The number of benzene rings is 1. The molecule has 0 radical (unpaired) electrons. The molecule has 1 N–H and O–H groups in total. The number of nitrogens with one attached hydrogen (secondary N) is 1. The zero-order valence-corrected chi connectivity index (χ0v) is 10.7. The molecule has 0 bridgehead atoms. The summed E-state index contributed by atoms with van der Waals surface area (Å²) < 4.78 is 5.15. The van der Waals surface area contributed by atoms with Crippen LogP contribution in [0.3, 0.4) is 0 Å². The number of Topliss-reactive ketones (excluding diaryl/α,β-unsaturated/α-hetero) is 1. The van der Waals surface area contributed by atoms with Gasteiger partial charge in [-0.05, 0) is 39.1 Å². The minimum atomic E-state index is -0.641. The predicted molar refractivity (Wildman–Crippen MR) is 65.5 cm³/mol. The third kappa shape index (κ3) is 2.54. The van der Waals surface area contributed by atoms with Gasteiger partial charge in [0.1, 0.15) is 5.75 Å². The monoisotopic (exact) mass is 241 g/mol. The zero-order chi connectivity index (χ0) is 12.3. The lowest BCUT2D eigenvalue weighted by molar-refractivity contribution is 0.0886. The number of hydrogen-bond acceptors (Lipinski definition) is 3. The average molecular weight is 242 g/mol. The molecule has 0 aromatic heterocycles. The Kier molecular flexibility index (Phi) is 3.94. The number of halogens is 1. The Morgan fingerprint density at radius 2 is 2.06 bits per heavy atom. The van der Waals surface area contributed by atoms with Crippen molar-refractivity contribution in [3.63, 3.8) is 0 Å². The van der Waals surface area contributed by atoms with Crippen LogP contribution in [0.15, 0.2) is 18.2 Å². The number of hydrogen-bond donors (Lipinski definition) is 1. The highest BCUT2D eigenvalue weighted by Crippen LogP contribution is 2.26. The SMILES string of the molecule is CNC(C)(C)C(=O)c1cc(Cl)ccc1OC. The van der Waals surface area contributed by atoms with E-state index in [1.165, 1.54) is 7.11 Å². The lowest BCUT2D eigenvalue weighted by Crippen LogP contribution is -2.44. The van der Waals surface area contributed by atoms with Gasteiger partial charge in [0, 0.05) is 5.02 Å². The van der Waals surface area contributed by atoms with Gasteiger partial charge in [-0.3, -0.25) is 4.79 Å². The number of ether oxygens (including phenoxy) is 1. The van der Waals surface area contributed by atoms with E-state index in [4.69, 9.17) is 16.3 Å². The van der Waals surface area contributed by atoms with Crippen LogP contribution >= 0.6 is 11.6 Å². The summed E-state index contributed by atoms with van der Waals surface area (Å²) in [6, 6.07) is 5.02. The number of methoxy groups -OCH3 is 1. The van der Waals surface area contributed by atoms with Crippen molar-refractivity contribution in [2.45, 2.75) is 19.4 Å². The smallest absolute Gasteiger partial charge is 0.186 e. The second kappa shape index (κ2) is 4.85. The molecule has 1 aromatic carbocycles. The fourth-order valence-electron chi connectivity index (χ4n) is 1.31. The molecule has 0 amide bonds. The summed E-state index contributed by atoms with van der Waals surface area (Å²) >= 11 is 5.88. The molecule has 0 spiro atoms. The molecule has 0 atom stereocenters. The fourth-order valence-corrected chi connectivity index (χ4v) is 1.48. The van der Waals surface area contributed by atoms with Crippen LogP contribution < -0.4 is 10.1 Å². The molecule has 88 valence electrons. The molecule has 1 rings (SSSR count). The molecule has 0 aliphatic heterocycles. The minimum absolute atomic E-state index is 0.0469. The van der Waals surface area contributed by atoms with E-state index >= 15 is 0 Å². The maximum Gasteiger partial charge on any atom is 0.186 e. The van der Waals surface area contributed by atoms with Crippen LogP contribution in [0.25, 0.3) is 0 Å². The highest BCUT2D eigenvalue weighted by molar-refractivity contribution is 6.31. The van der Waals surface area contributed by atoms with Gasteiger partial charge < -0.3 is 10.1 Å². The second-order valence-corrected chi connectivity index (χ2v) is 4.49. The lowest BCUT2D eigenvalue weighted by Gasteiger charge is -2.23. The number of rotatable bonds is 4. The second-order valence-electron chi connectivity index (χ2n) is 4.05. The number of ketones is 1. The molecular formula is C12H16ClNO2. The Morgan fingerprint density at radius 1 is 1.44 bits per heavy atom. The molecule has 1 aromatic rings. The Labute approximate surface area is 101 Å². The molecule has 16 heavy (non-hydrogen) atoms. The number of carbonyl (C=O) groups is 1. The van der Waals surface area contributed by atoms with Gasteiger partial charge in [0.15, 0.2) is 5.78 Å². The Hall–Kier alpha value is -1.06. The van der Waals surface area contributed by atoms with Gasteiger partial charge in [0.25, 0.3) is 0 Å². The van der Waals surface area contributed by atoms with E-state index < -0.39 is 5.54 Å². The van der Waals surface area contributed by atoms with Gasteiger partial charge >= 0.3 is 0 Å². The van der Waals surface area contributed by atoms with Crippen molar-refractivity contribution in [2.24, 2.45) is 0 Å². The summed E-state index contributed by atoms with van der Waals surface area (Å²) in [6.45, 7) is 3.63. The topological polar surface area (TPSA) is 38.3 Å². The van der Waals surface area contributed by atoms with Gasteiger partial charge in [-0.2, -0.15) is 0 Å². The molecular weight excluding hydrogens is 226 g/mol. The van der Waals surface area contributed by atoms with Gasteiger partial charge in [-0.1, -0.05) is 11.6 Å². The van der Waals surface area contributed by atoms with E-state index in [0.717, 1.165) is 0 Å². The van der Waals surface area contributed by atoms with E-state index in [2.05, 4.69) is 5.32 Å². The first-order chi connectivity index (χ1) is 7.42. The maximum absolute atomic E-state index is 12.2. The van der Waals surface area contributed by atoms with E-state index in [0.29, 0.717) is 16.3 Å². The van der Waals surface area contributed by atoms with Crippen LogP contribution in [0.5, 0.6) is 5.75 Å². The summed E-state index contributed by atoms with van der Waals surface area (Å²) in [5.74, 6) is 0.493. The highest BCUT2D eigenvalue weighted by Gasteiger charge is 2.28. The van der Waals surface area contributed by atoms with Crippen molar-refractivity contribution in [3.05, 3.63) is 28.8 Å². The standard InChI is InChI=1S/C12H16ClNO2/c1-12(2,14-3)11(15)9-7-8(13)5-6-10(9)16-4/h5-7,14H,1-4H3. The van der Waals surface area contributed by atoms with E-state index in [9.17, 15) is 4.79 Å². The third-order valence-corrected chi connectivity index (χ3v) is 2.83. The maximum atomic E-state index is 12.2. The van der Waals surface area contributed by atoms with Crippen molar-refractivity contribution in [1.29, 1.82) is 0 Å². The van der Waals surface area contributed by atoms with Crippen LogP contribution in [0.2, 0.25) is 5.02 Å². The summed E-state index contributed by atoms with van der Waals surface area (Å²) in [7, 11) is 3.28. The molecule has 0 saturated heterocycles. The van der Waals surface area contributed by atoms with Crippen LogP contribution in [0.1, 0.15) is 24.2 Å². The first-order valence-corrected chi connectivity index (χ1v) is 5.37. The summed E-state index contributed by atoms with van der Waals surface area (Å²) in [4.78, 5) is 12.2. The van der Waals surface area contributed by atoms with Crippen molar-refractivity contribution in [2.75, 3.05) is 14.2 Å². The van der Waals surface area contributed by atoms with Crippen molar-refractivity contribution in [1.82, 2.24) is 5.32 Å². The van der Waals surface area contributed by atoms with Crippen LogP contribution in [0.4, 0.5) is 0 Å². The first-order valence-electron chi connectivity index (χ1n) is 4.99. The fraction of sp³-hybridized carbons (Fsp3) is 0.417. The van der Waals surface area contributed by atoms with Crippen molar-refractivity contribution < 1.29 is 9.53 Å². The van der Waals surface area contributed by atoms with Crippen molar-refractivity contribution in [3.8, 4) is 5.75 Å². The molecule has 0 heterocycles. The molecule has 4 heteroatoms. The highest BCUT2D eigenvalue weighted by atomic mass is 35.5. The van der Waals surface area contributed by atoms with E-state index in [-0.39, 0.29) is 5.78 Å². The van der Waals surface area contributed by atoms with Crippen LogP contribution in [-0.4, -0.2) is 25.5 Å². The molecule has 0 aliphatic carbocycles. The number of likely N-dealkylation sites (N-methyl/N-ethyl adjacent to an activating group) is 1. The number of carbonyl (C=O) groups excluding carboxylic acids is 1. The Balaban J connectivity index is 3.21. The molecule has 0 fully saturated rings. The summed E-state index contributed by atoms with van der Waals surface area (Å²) in [6.07, 6.45) is 0. The molecule has 3 nitrogen and oxygen atoms in total. The normalized spacial score (nSPS) is 11.3. The molecule has 0 aliphatic rings. The van der Waals surface area contributed by atoms with Gasteiger partial charge in [0.05, 0.1) is 18.2 Å². The zero-order valence-electron chi connectivity index (χ0n) is 9.93. The van der Waals surface area contributed by atoms with Crippen LogP contribution in [0, 0.1) is 0 Å². The van der Waals surface area contributed by atoms with Gasteiger partial charge in [0.2, 0.25) is 0 Å². The lowest BCUT2D eigenvalue weighted by atomic mass is 9.93. The quantitative estimate of drug-likeness (QED) is 0.824. The summed E-state index contributed by atoms with van der Waals surface area (Å²) in [5.41, 5.74) is -0.146. The average Bonchev–Trinajstić information content (AvgIpc) is 2.28. The Bertz CT molecular complexity index is 402. The van der Waals surface area contributed by atoms with Gasteiger partial charge in [-0.25, -0.2) is 0 Å². The predicted octanol–water partition coefficient (Wildman–Crippen LogP) is 2.53. The molecule has 0 unspecified atom stereocenters. The minimum Gasteiger partial charge on any atom is -0.496 e. The largest absolute Gasteiger partial charge is 0.496 e. The van der Waals surface area contributed by atoms with Gasteiger partial charge in [-0.15, -0.1) is 0 Å². The molecule has 0 saturated carbocycles. The Morgan fingerprint density at radius 3 is 2.56 bits per heavy atom. The van der Waals surface area contributed by atoms with E-state index in [1.807, 2.05) is 13.8 Å². The third-order valence-electron chi connectivity index (χ3n) is 2.60. The first kappa shape index (κ1) is 13.0. The summed E-state index contributed by atoms with van der Waals surface area (Å²) in [5, 5.41) is 3.49. The van der Waals surface area contributed by atoms with E-state index in [1.54, 1.807) is 25.2 Å².